The number of hydrogen-bond donors (Lipinski definition) is 0. The third-order valence-electron chi connectivity index (χ3n) is 2.82. The van der Waals surface area contributed by atoms with E-state index in [-0.39, 0.29) is 16.9 Å². The van der Waals surface area contributed by atoms with Crippen molar-refractivity contribution < 1.29 is 13.9 Å². The van der Waals surface area contributed by atoms with E-state index >= 15 is 0 Å². The molecule has 1 aromatic carbocycles. The zero-order valence-electron chi connectivity index (χ0n) is 12.3. The Morgan fingerprint density at radius 1 is 1.25 bits per heavy atom. The monoisotopic (exact) mass is 348 g/mol. The summed E-state index contributed by atoms with van der Waals surface area (Å²) in [5, 5.41) is 11.3. The highest BCUT2D eigenvalue weighted by atomic mass is 35.5. The van der Waals surface area contributed by atoms with E-state index in [1.54, 1.807) is 24.4 Å². The smallest absolute Gasteiger partial charge is 0.260 e. The standard InChI is InChI=1S/C14H10ClFN6O2/c1-23-12-4-9(5-20-22-7-18-19-8-22)2-3-11(12)24-13-10(16)6-17-14(15)21-13/h2-8H,1H3. The summed E-state index contributed by atoms with van der Waals surface area (Å²) >= 11 is 5.64. The van der Waals surface area contributed by atoms with Crippen molar-refractivity contribution in [3.8, 4) is 17.4 Å². The molecule has 0 fully saturated rings. The molecule has 0 aliphatic heterocycles. The van der Waals surface area contributed by atoms with Gasteiger partial charge in [-0.15, -0.1) is 10.2 Å². The molecule has 0 saturated heterocycles. The first-order valence-electron chi connectivity index (χ1n) is 6.58. The second-order valence-electron chi connectivity index (χ2n) is 4.39. The van der Waals surface area contributed by atoms with Crippen LogP contribution < -0.4 is 9.47 Å². The number of aromatic nitrogens is 5. The van der Waals surface area contributed by atoms with Gasteiger partial charge in [0.2, 0.25) is 11.1 Å². The molecule has 2 heterocycles. The van der Waals surface area contributed by atoms with Crippen LogP contribution in [0.3, 0.4) is 0 Å². The Balaban J connectivity index is 1.85. The largest absolute Gasteiger partial charge is 0.493 e. The predicted octanol–water partition coefficient (Wildman–Crippen LogP) is 2.54. The third-order valence-corrected chi connectivity index (χ3v) is 3.01. The number of benzene rings is 1. The van der Waals surface area contributed by atoms with Crippen LogP contribution in [0.2, 0.25) is 5.28 Å². The van der Waals surface area contributed by atoms with Crippen molar-refractivity contribution in [2.45, 2.75) is 0 Å². The summed E-state index contributed by atoms with van der Waals surface area (Å²) in [4.78, 5) is 7.22. The van der Waals surface area contributed by atoms with E-state index in [9.17, 15) is 4.39 Å². The lowest BCUT2D eigenvalue weighted by Gasteiger charge is -2.10. The second kappa shape index (κ2) is 7.01. The quantitative estimate of drug-likeness (QED) is 0.520. The fourth-order valence-electron chi connectivity index (χ4n) is 1.74. The predicted molar refractivity (Wildman–Crippen MR) is 83.1 cm³/mol. The van der Waals surface area contributed by atoms with Crippen molar-refractivity contribution in [1.29, 1.82) is 0 Å². The van der Waals surface area contributed by atoms with Crippen LogP contribution in [0, 0.1) is 5.82 Å². The van der Waals surface area contributed by atoms with Crippen molar-refractivity contribution >= 4 is 17.8 Å². The molecule has 0 N–H and O–H groups in total. The Morgan fingerprint density at radius 3 is 2.79 bits per heavy atom. The molecular formula is C14H10ClFN6O2. The molecule has 0 radical (unpaired) electrons. The molecule has 0 bridgehead atoms. The molecule has 0 aliphatic carbocycles. The van der Waals surface area contributed by atoms with Crippen LogP contribution in [0.1, 0.15) is 5.56 Å². The number of methoxy groups -OCH3 is 1. The van der Waals surface area contributed by atoms with Gasteiger partial charge in [0.15, 0.2) is 11.5 Å². The molecule has 2 aromatic heterocycles. The molecule has 0 spiro atoms. The fourth-order valence-corrected chi connectivity index (χ4v) is 1.87. The van der Waals surface area contributed by atoms with Gasteiger partial charge in [-0.3, -0.25) is 0 Å². The number of hydrogen-bond acceptors (Lipinski definition) is 7. The van der Waals surface area contributed by atoms with Crippen LogP contribution in [0.15, 0.2) is 42.2 Å². The molecule has 0 unspecified atom stereocenters. The number of halogens is 2. The van der Waals surface area contributed by atoms with Crippen molar-refractivity contribution in [3.05, 3.63) is 53.7 Å². The van der Waals surface area contributed by atoms with Gasteiger partial charge in [0.05, 0.1) is 19.5 Å². The lowest BCUT2D eigenvalue weighted by Crippen LogP contribution is -1.97. The molecule has 10 heteroatoms. The van der Waals surface area contributed by atoms with Gasteiger partial charge in [-0.2, -0.15) is 14.5 Å². The Bertz CT molecular complexity index is 872. The van der Waals surface area contributed by atoms with Gasteiger partial charge in [0, 0.05) is 0 Å². The highest BCUT2D eigenvalue weighted by Gasteiger charge is 2.12. The van der Waals surface area contributed by atoms with E-state index in [0.717, 1.165) is 11.8 Å². The molecule has 3 rings (SSSR count). The molecule has 8 nitrogen and oxygen atoms in total. The van der Waals surface area contributed by atoms with Gasteiger partial charge in [-0.05, 0) is 35.4 Å². The van der Waals surface area contributed by atoms with Crippen LogP contribution in [-0.4, -0.2) is 38.2 Å². The molecule has 0 aliphatic rings. The van der Waals surface area contributed by atoms with E-state index < -0.39 is 5.82 Å². The van der Waals surface area contributed by atoms with Gasteiger partial charge in [-0.25, -0.2) is 9.66 Å². The molecule has 0 amide bonds. The second-order valence-corrected chi connectivity index (χ2v) is 4.73. The van der Waals surface area contributed by atoms with Gasteiger partial charge >= 0.3 is 0 Å². The van der Waals surface area contributed by atoms with Crippen LogP contribution in [0.4, 0.5) is 4.39 Å². The molecular weight excluding hydrogens is 339 g/mol. The maximum absolute atomic E-state index is 13.7. The SMILES string of the molecule is COc1cc(C=Nn2cnnc2)ccc1Oc1nc(Cl)ncc1F. The van der Waals surface area contributed by atoms with E-state index in [2.05, 4.69) is 25.3 Å². The van der Waals surface area contributed by atoms with Crippen molar-refractivity contribution in [2.24, 2.45) is 5.10 Å². The number of nitrogens with zero attached hydrogens (tertiary/aromatic N) is 6. The van der Waals surface area contributed by atoms with Gasteiger partial charge in [0.25, 0.3) is 5.88 Å². The van der Waals surface area contributed by atoms with E-state index in [1.165, 1.54) is 24.4 Å². The maximum Gasteiger partial charge on any atom is 0.260 e. The van der Waals surface area contributed by atoms with Crippen LogP contribution in [-0.2, 0) is 0 Å². The highest BCUT2D eigenvalue weighted by Crippen LogP contribution is 2.32. The van der Waals surface area contributed by atoms with Gasteiger partial charge in [0.1, 0.15) is 12.7 Å². The van der Waals surface area contributed by atoms with Gasteiger partial charge < -0.3 is 9.47 Å². The first-order chi connectivity index (χ1) is 11.7. The molecule has 24 heavy (non-hydrogen) atoms. The molecule has 3 aromatic rings. The summed E-state index contributed by atoms with van der Waals surface area (Å²) in [6.45, 7) is 0. The van der Waals surface area contributed by atoms with Crippen molar-refractivity contribution in [2.75, 3.05) is 7.11 Å². The van der Waals surface area contributed by atoms with Crippen molar-refractivity contribution in [1.82, 2.24) is 24.8 Å². The first kappa shape index (κ1) is 15.8. The minimum absolute atomic E-state index is 0.122. The highest BCUT2D eigenvalue weighted by molar-refractivity contribution is 6.28. The minimum Gasteiger partial charge on any atom is -0.493 e. The number of ether oxygens (including phenoxy) is 2. The van der Waals surface area contributed by atoms with Crippen LogP contribution in [0.5, 0.6) is 17.4 Å². The zero-order valence-corrected chi connectivity index (χ0v) is 13.1. The molecule has 0 saturated carbocycles. The van der Waals surface area contributed by atoms with Crippen LogP contribution >= 0.6 is 11.6 Å². The lowest BCUT2D eigenvalue weighted by molar-refractivity contribution is 0.363. The summed E-state index contributed by atoms with van der Waals surface area (Å²) in [7, 11) is 1.46. The van der Waals surface area contributed by atoms with Crippen LogP contribution in [0.25, 0.3) is 0 Å². The zero-order chi connectivity index (χ0) is 16.9. The summed E-state index contributed by atoms with van der Waals surface area (Å²) in [5.74, 6) is -0.386. The summed E-state index contributed by atoms with van der Waals surface area (Å²) in [6, 6.07) is 4.98. The van der Waals surface area contributed by atoms with E-state index in [4.69, 9.17) is 21.1 Å². The Hall–Kier alpha value is -3.07. The van der Waals surface area contributed by atoms with Crippen molar-refractivity contribution in [3.63, 3.8) is 0 Å². The third kappa shape index (κ3) is 3.63. The maximum atomic E-state index is 13.7. The number of rotatable bonds is 5. The average Bonchev–Trinajstić information content (AvgIpc) is 3.10. The topological polar surface area (TPSA) is 87.3 Å². The Morgan fingerprint density at radius 2 is 2.04 bits per heavy atom. The average molecular weight is 349 g/mol. The van der Waals surface area contributed by atoms with E-state index in [1.807, 2.05) is 0 Å². The fraction of sp³-hybridized carbons (Fsp3) is 0.0714. The normalized spacial score (nSPS) is 11.0. The summed E-state index contributed by atoms with van der Waals surface area (Å²) in [5.41, 5.74) is 0.731. The van der Waals surface area contributed by atoms with E-state index in [0.29, 0.717) is 5.75 Å². The molecule has 0 atom stereocenters. The van der Waals surface area contributed by atoms with Gasteiger partial charge in [-0.1, -0.05) is 0 Å². The first-order valence-corrected chi connectivity index (χ1v) is 6.96. The minimum atomic E-state index is -0.736. The molecule has 122 valence electrons. The Labute approximate surface area is 140 Å². The Kier molecular flexibility index (Phi) is 4.62. The lowest BCUT2D eigenvalue weighted by atomic mass is 10.2. The summed E-state index contributed by atoms with van der Waals surface area (Å²) in [6.07, 6.45) is 5.41. The summed E-state index contributed by atoms with van der Waals surface area (Å²) < 4.78 is 25.8.